The second kappa shape index (κ2) is 24.6. The van der Waals surface area contributed by atoms with E-state index in [-0.39, 0.29) is 48.1 Å². The quantitative estimate of drug-likeness (QED) is 0.0386. The number of rotatable bonds is 21. The van der Waals surface area contributed by atoms with Gasteiger partial charge in [-0.05, 0) is 83.4 Å². The summed E-state index contributed by atoms with van der Waals surface area (Å²) in [7, 11) is -2.09. The molecule has 84 heavy (non-hydrogen) atoms. The standard InChI is InChI=1S/C61H63N10O11PSi/c1-60(2,3)84(6,7)82-47-32-51(71-38-67-53-55(63-36-65-57(53)71)69-59(73)40-19-13-9-14-20-40)80-49(47)34-78-83(74)81-46-31-50(70-37-66-52-54(62-35-64-56(52)70)68-58(72)39-17-11-8-12-18-39)79-48(46)33-77-61(41-21-15-10-16-22-41,42-23-27-44(75-4)28-24-42)43-25-29-45(76-5)30-26-43/h8-30,35-38,46-51H,31-34H2,1-7H3,(H-,62,63,64,65,68,69,72,73)/p+1/t46-,47-,48+,49+,50+,51+/m0/s1. The van der Waals surface area contributed by atoms with Gasteiger partial charge in [0.2, 0.25) is 0 Å². The first-order valence-corrected chi connectivity index (χ1v) is 31.4. The van der Waals surface area contributed by atoms with Crippen molar-refractivity contribution >= 4 is 62.4 Å². The van der Waals surface area contributed by atoms with E-state index in [0.29, 0.717) is 51.4 Å². The molecule has 23 heteroatoms. The van der Waals surface area contributed by atoms with Gasteiger partial charge in [0, 0.05) is 28.5 Å². The Morgan fingerprint density at radius 3 is 1.50 bits per heavy atom. The van der Waals surface area contributed by atoms with E-state index in [1.54, 1.807) is 84.5 Å². The number of benzene rings is 5. The number of fused-ring (bicyclic) bond motifs is 2. The van der Waals surface area contributed by atoms with Gasteiger partial charge in [-0.2, -0.15) is 0 Å². The van der Waals surface area contributed by atoms with Crippen LogP contribution in [-0.2, 0) is 37.9 Å². The third-order valence-electron chi connectivity index (χ3n) is 15.7. The van der Waals surface area contributed by atoms with Gasteiger partial charge in [-0.1, -0.05) is 112 Å². The lowest BCUT2D eigenvalue weighted by Gasteiger charge is -2.39. The fourth-order valence-corrected chi connectivity index (χ4v) is 12.4. The SMILES string of the molecule is COc1ccc(C(OC[C@H]2O[C@@H](n3cnc4c(NC(=O)c5ccccc5)ncnc43)C[C@@H]2O[P+](=O)OC[C@H]2O[C@@H](n3cnc4c(NC(=O)c5ccccc5)ncnc43)C[C@@H]2O[Si](C)(C)C(C)(C)C)(c2ccccc2)c2ccc(OC)cc2)cc1. The van der Waals surface area contributed by atoms with Crippen molar-refractivity contribution < 1.29 is 51.3 Å². The molecule has 2 amide bonds. The number of ether oxygens (including phenoxy) is 5. The second-order valence-corrected chi connectivity index (χ2v) is 27.5. The van der Waals surface area contributed by atoms with Gasteiger partial charge >= 0.3 is 8.25 Å². The molecule has 0 bridgehead atoms. The third kappa shape index (κ3) is 12.0. The minimum Gasteiger partial charge on any atom is -0.497 e. The Labute approximate surface area is 487 Å². The molecule has 5 aromatic carbocycles. The first-order valence-electron chi connectivity index (χ1n) is 27.4. The smallest absolute Gasteiger partial charge is 0.497 e. The molecule has 0 aliphatic carbocycles. The van der Waals surface area contributed by atoms with Crippen LogP contribution in [0, 0.1) is 0 Å². The normalized spacial score (nSPS) is 19.3. The number of carbonyl (C=O) groups excluding carboxylic acids is 2. The first-order chi connectivity index (χ1) is 40.6. The Balaban J connectivity index is 0.886. The maximum absolute atomic E-state index is 14.6. The second-order valence-electron chi connectivity index (χ2n) is 21.9. The van der Waals surface area contributed by atoms with Gasteiger partial charge < -0.3 is 38.7 Å². The monoisotopic (exact) mass is 1170 g/mol. The van der Waals surface area contributed by atoms with Crippen LogP contribution in [0.15, 0.2) is 165 Å². The highest BCUT2D eigenvalue weighted by molar-refractivity contribution is 7.33. The molecular formula is C61H64N10O11PSi+. The van der Waals surface area contributed by atoms with E-state index in [1.165, 1.54) is 12.7 Å². The van der Waals surface area contributed by atoms with E-state index < -0.39 is 59.0 Å². The lowest BCUT2D eigenvalue weighted by molar-refractivity contribution is -0.0912. The summed E-state index contributed by atoms with van der Waals surface area (Å²) < 4.78 is 70.1. The number of anilines is 2. The van der Waals surface area contributed by atoms with Crippen molar-refractivity contribution in [2.75, 3.05) is 38.1 Å². The van der Waals surface area contributed by atoms with Crippen LogP contribution in [0.5, 0.6) is 11.5 Å². The van der Waals surface area contributed by atoms with Crippen LogP contribution < -0.4 is 20.1 Å². The van der Waals surface area contributed by atoms with E-state index >= 15 is 0 Å². The van der Waals surface area contributed by atoms with E-state index in [0.717, 1.165) is 16.7 Å². The zero-order chi connectivity index (χ0) is 58.6. The summed E-state index contributed by atoms with van der Waals surface area (Å²) in [5, 5.41) is 5.58. The van der Waals surface area contributed by atoms with E-state index in [1.807, 2.05) is 91.0 Å². The Bertz CT molecular complexity index is 3710. The summed E-state index contributed by atoms with van der Waals surface area (Å²) in [6.07, 6.45) is 1.96. The van der Waals surface area contributed by atoms with Crippen molar-refractivity contribution in [3.8, 4) is 11.5 Å². The van der Waals surface area contributed by atoms with E-state index in [9.17, 15) is 14.2 Å². The fourth-order valence-electron chi connectivity index (χ4n) is 10.2. The molecule has 11 rings (SSSR count). The number of carbonyl (C=O) groups is 2. The van der Waals surface area contributed by atoms with Crippen molar-refractivity contribution in [3.63, 3.8) is 0 Å². The van der Waals surface area contributed by atoms with E-state index in [2.05, 4.69) is 74.4 Å². The minimum atomic E-state index is -2.87. The van der Waals surface area contributed by atoms with Crippen molar-refractivity contribution in [1.29, 1.82) is 0 Å². The molecule has 2 N–H and O–H groups in total. The summed E-state index contributed by atoms with van der Waals surface area (Å²) in [6.45, 7) is 10.5. The summed E-state index contributed by atoms with van der Waals surface area (Å²) >= 11 is 0. The molecule has 21 nitrogen and oxygen atoms in total. The highest BCUT2D eigenvalue weighted by atomic mass is 31.1. The van der Waals surface area contributed by atoms with Gasteiger partial charge in [-0.25, -0.2) is 29.9 Å². The fraction of sp³-hybridized carbons (Fsp3) is 0.311. The van der Waals surface area contributed by atoms with Gasteiger partial charge in [0.1, 0.15) is 67.1 Å². The molecule has 0 spiro atoms. The van der Waals surface area contributed by atoms with E-state index in [4.69, 9.17) is 37.2 Å². The molecule has 2 aliphatic rings. The third-order valence-corrected chi connectivity index (χ3v) is 21.0. The number of nitrogens with zero attached hydrogens (tertiary/aromatic N) is 8. The lowest BCUT2D eigenvalue weighted by atomic mass is 9.80. The number of aromatic nitrogens is 8. The topological polar surface area (TPSA) is 236 Å². The van der Waals surface area contributed by atoms with Crippen LogP contribution in [0.2, 0.25) is 18.1 Å². The molecule has 2 aliphatic heterocycles. The molecular weight excluding hydrogens is 1110 g/mol. The molecule has 7 atom stereocenters. The van der Waals surface area contributed by atoms with Crippen LogP contribution >= 0.6 is 8.25 Å². The van der Waals surface area contributed by atoms with Gasteiger partial charge in [0.05, 0.1) is 39.6 Å². The van der Waals surface area contributed by atoms with Crippen LogP contribution in [-0.4, -0.2) is 111 Å². The Hall–Kier alpha value is -8.18. The van der Waals surface area contributed by atoms with Crippen molar-refractivity contribution in [3.05, 3.63) is 193 Å². The minimum absolute atomic E-state index is 0.0901. The predicted octanol–water partition coefficient (Wildman–Crippen LogP) is 11.2. The maximum atomic E-state index is 14.6. The largest absolute Gasteiger partial charge is 0.697 e. The van der Waals surface area contributed by atoms with Crippen LogP contribution in [0.25, 0.3) is 22.3 Å². The molecule has 0 saturated carbocycles. The number of hydrogen-bond donors (Lipinski definition) is 2. The first kappa shape index (κ1) is 57.6. The lowest BCUT2D eigenvalue weighted by Crippen LogP contribution is -2.46. The number of nitrogens with one attached hydrogen (secondary N) is 2. The number of imidazole rings is 2. The van der Waals surface area contributed by atoms with Crippen LogP contribution in [0.4, 0.5) is 11.6 Å². The van der Waals surface area contributed by atoms with Crippen molar-refractivity contribution in [2.24, 2.45) is 0 Å². The zero-order valence-corrected chi connectivity index (χ0v) is 49.3. The summed E-state index contributed by atoms with van der Waals surface area (Å²) in [5.41, 5.74) is 3.58. The van der Waals surface area contributed by atoms with Crippen LogP contribution in [0.1, 0.15) is 83.5 Å². The molecule has 2 fully saturated rings. The van der Waals surface area contributed by atoms with Gasteiger partial charge in [0.25, 0.3) is 11.8 Å². The summed E-state index contributed by atoms with van der Waals surface area (Å²) in [5.74, 6) is 1.07. The maximum Gasteiger partial charge on any atom is 0.697 e. The average Bonchev–Trinajstić information content (AvgIpc) is 3.27. The van der Waals surface area contributed by atoms with Gasteiger partial charge in [0.15, 0.2) is 42.3 Å². The highest BCUT2D eigenvalue weighted by Gasteiger charge is 2.50. The Morgan fingerprint density at radius 1 is 0.595 bits per heavy atom. The van der Waals surface area contributed by atoms with Crippen LogP contribution in [0.3, 0.4) is 0 Å². The molecule has 6 heterocycles. The molecule has 4 aromatic heterocycles. The van der Waals surface area contributed by atoms with Gasteiger partial charge in [-0.3, -0.25) is 18.7 Å². The molecule has 1 unspecified atom stereocenters. The zero-order valence-electron chi connectivity index (χ0n) is 47.4. The Kier molecular flexibility index (Phi) is 16.9. The summed E-state index contributed by atoms with van der Waals surface area (Å²) in [6, 6.07) is 42.8. The molecule has 2 saturated heterocycles. The van der Waals surface area contributed by atoms with Crippen molar-refractivity contribution in [2.45, 2.75) is 94.2 Å². The van der Waals surface area contributed by atoms with Crippen molar-refractivity contribution in [1.82, 2.24) is 39.0 Å². The highest BCUT2D eigenvalue weighted by Crippen LogP contribution is 2.46. The number of methoxy groups -OCH3 is 2. The average molecular weight is 1170 g/mol. The van der Waals surface area contributed by atoms with Gasteiger partial charge in [-0.15, -0.1) is 9.05 Å². The summed E-state index contributed by atoms with van der Waals surface area (Å²) in [4.78, 5) is 53.7. The number of amides is 2. The Morgan fingerprint density at radius 2 is 1.04 bits per heavy atom. The predicted molar refractivity (Wildman–Crippen MR) is 315 cm³/mol. The molecule has 0 radical (unpaired) electrons. The molecule has 432 valence electrons. The number of hydrogen-bond acceptors (Lipinski definition) is 17. The molecule has 9 aromatic rings.